The van der Waals surface area contributed by atoms with Crippen LogP contribution in [-0.2, 0) is 5.60 Å². The summed E-state index contributed by atoms with van der Waals surface area (Å²) in [6.45, 7) is 0. The second-order valence-corrected chi connectivity index (χ2v) is 4.85. The van der Waals surface area contributed by atoms with Crippen molar-refractivity contribution in [1.82, 2.24) is 0 Å². The fourth-order valence-corrected chi connectivity index (χ4v) is 2.49. The van der Waals surface area contributed by atoms with Crippen LogP contribution >= 0.6 is 11.6 Å². The molecule has 0 aliphatic heterocycles. The van der Waals surface area contributed by atoms with Crippen LogP contribution in [0.5, 0.6) is 0 Å². The van der Waals surface area contributed by atoms with Gasteiger partial charge in [-0.3, -0.25) is 0 Å². The van der Waals surface area contributed by atoms with Gasteiger partial charge in [0, 0.05) is 5.02 Å². The third-order valence-electron chi connectivity index (χ3n) is 3.56. The molecule has 3 heteroatoms. The van der Waals surface area contributed by atoms with Crippen molar-refractivity contribution in [1.29, 1.82) is 5.26 Å². The van der Waals surface area contributed by atoms with Gasteiger partial charge in [-0.25, -0.2) is 0 Å². The molecule has 0 spiro atoms. The third-order valence-corrected chi connectivity index (χ3v) is 3.80. The topological polar surface area (TPSA) is 44.0 Å². The van der Waals surface area contributed by atoms with Crippen LogP contribution in [0.1, 0.15) is 24.8 Å². The predicted octanol–water partition coefficient (Wildman–Crippen LogP) is 2.85. The molecule has 1 saturated carbocycles. The highest BCUT2D eigenvalue weighted by atomic mass is 35.5. The van der Waals surface area contributed by atoms with E-state index in [1.165, 1.54) is 0 Å². The summed E-state index contributed by atoms with van der Waals surface area (Å²) in [4.78, 5) is 0. The predicted molar refractivity (Wildman–Crippen MR) is 66.1 cm³/mol. The maximum Gasteiger partial charge on any atom is 0.169 e. The number of terminal acetylenes is 1. The zero-order valence-corrected chi connectivity index (χ0v) is 10.0. The zero-order valence-electron chi connectivity index (χ0n) is 9.28. The fourth-order valence-electron chi connectivity index (χ4n) is 2.30. The van der Waals surface area contributed by atoms with Gasteiger partial charge in [-0.2, -0.15) is 5.26 Å². The largest absolute Gasteiger partial charge is 0.372 e. The summed E-state index contributed by atoms with van der Waals surface area (Å²) in [7, 11) is 0. The van der Waals surface area contributed by atoms with Gasteiger partial charge in [-0.15, -0.1) is 6.42 Å². The summed E-state index contributed by atoms with van der Waals surface area (Å²) in [5, 5.41) is 20.5. The van der Waals surface area contributed by atoms with E-state index in [4.69, 9.17) is 18.0 Å². The molecule has 17 heavy (non-hydrogen) atoms. The molecule has 0 saturated heterocycles. The van der Waals surface area contributed by atoms with Gasteiger partial charge in [0.25, 0.3) is 0 Å². The van der Waals surface area contributed by atoms with E-state index in [0.29, 0.717) is 23.4 Å². The van der Waals surface area contributed by atoms with E-state index >= 15 is 0 Å². The standard InChI is InChI=1S/C14H12ClNO/c1-2-14(17,13(10-16)7-4-8-13)11-5-3-6-12(15)9-11/h1,3,5-6,9,17H,4,7-8H2/t14-/m0/s1. The average Bonchev–Trinajstić information content (AvgIpc) is 2.28. The van der Waals surface area contributed by atoms with E-state index in [2.05, 4.69) is 12.0 Å². The number of rotatable bonds is 2. The SMILES string of the molecule is C#C[C@](O)(c1cccc(Cl)c1)C1(C#N)CCC1. The van der Waals surface area contributed by atoms with Gasteiger partial charge in [-0.1, -0.05) is 29.7 Å². The summed E-state index contributed by atoms with van der Waals surface area (Å²) in [5.41, 5.74) is -1.90. The molecule has 1 aliphatic rings. The van der Waals surface area contributed by atoms with E-state index in [-0.39, 0.29) is 0 Å². The van der Waals surface area contributed by atoms with Gasteiger partial charge in [-0.05, 0) is 37.0 Å². The number of hydrogen-bond donors (Lipinski definition) is 1. The molecular formula is C14H12ClNO. The van der Waals surface area contributed by atoms with Crippen molar-refractivity contribution in [3.05, 3.63) is 34.9 Å². The minimum atomic E-state index is -1.55. The molecule has 1 N–H and O–H groups in total. The van der Waals surface area contributed by atoms with Crippen LogP contribution in [0.2, 0.25) is 5.02 Å². The number of nitriles is 1. The third kappa shape index (κ3) is 1.62. The van der Waals surface area contributed by atoms with Crippen molar-refractivity contribution < 1.29 is 5.11 Å². The second-order valence-electron chi connectivity index (χ2n) is 4.41. The van der Waals surface area contributed by atoms with Crippen molar-refractivity contribution in [2.24, 2.45) is 5.41 Å². The molecule has 0 aromatic heterocycles. The highest BCUT2D eigenvalue weighted by Crippen LogP contribution is 2.53. The molecule has 2 nitrogen and oxygen atoms in total. The zero-order chi connectivity index (χ0) is 12.5. The number of hydrogen-bond acceptors (Lipinski definition) is 2. The number of nitrogens with zero attached hydrogens (tertiary/aromatic N) is 1. The Labute approximate surface area is 106 Å². The molecule has 1 aliphatic carbocycles. The van der Waals surface area contributed by atoms with E-state index in [1.807, 2.05) is 0 Å². The summed E-state index contributed by atoms with van der Waals surface area (Å²) in [6.07, 6.45) is 7.62. The van der Waals surface area contributed by atoms with Crippen LogP contribution in [0.3, 0.4) is 0 Å². The Morgan fingerprint density at radius 1 is 1.47 bits per heavy atom. The highest BCUT2D eigenvalue weighted by molar-refractivity contribution is 6.30. The molecule has 0 bridgehead atoms. The molecule has 86 valence electrons. The van der Waals surface area contributed by atoms with Crippen LogP contribution in [0.15, 0.2) is 24.3 Å². The van der Waals surface area contributed by atoms with E-state index in [0.717, 1.165) is 6.42 Å². The summed E-state index contributed by atoms with van der Waals surface area (Å²) in [5.74, 6) is 2.39. The van der Waals surface area contributed by atoms with Crippen LogP contribution < -0.4 is 0 Å². The molecule has 2 rings (SSSR count). The van der Waals surface area contributed by atoms with Crippen molar-refractivity contribution >= 4 is 11.6 Å². The molecule has 1 fully saturated rings. The molecule has 1 atom stereocenters. The van der Waals surface area contributed by atoms with Crippen LogP contribution in [0, 0.1) is 29.1 Å². The highest BCUT2D eigenvalue weighted by Gasteiger charge is 2.55. The van der Waals surface area contributed by atoms with Crippen LogP contribution in [0.25, 0.3) is 0 Å². The summed E-state index contributed by atoms with van der Waals surface area (Å²) in [6, 6.07) is 8.96. The Morgan fingerprint density at radius 3 is 2.59 bits per heavy atom. The summed E-state index contributed by atoms with van der Waals surface area (Å²) < 4.78 is 0. The van der Waals surface area contributed by atoms with Gasteiger partial charge in [0.15, 0.2) is 5.60 Å². The Hall–Kier alpha value is -1.48. The number of halogens is 1. The van der Waals surface area contributed by atoms with Gasteiger partial charge in [0.05, 0.1) is 6.07 Å². The molecule has 0 amide bonds. The summed E-state index contributed by atoms with van der Waals surface area (Å²) >= 11 is 5.90. The van der Waals surface area contributed by atoms with Crippen LogP contribution in [-0.4, -0.2) is 5.11 Å². The first-order valence-corrected chi connectivity index (χ1v) is 5.83. The Bertz CT molecular complexity index is 522. The lowest BCUT2D eigenvalue weighted by atomic mass is 9.58. The van der Waals surface area contributed by atoms with Gasteiger partial charge in [0.1, 0.15) is 5.41 Å². The van der Waals surface area contributed by atoms with Crippen molar-refractivity contribution in [3.63, 3.8) is 0 Å². The molecule has 0 unspecified atom stereocenters. The molecule has 0 radical (unpaired) electrons. The first-order valence-electron chi connectivity index (χ1n) is 5.45. The van der Waals surface area contributed by atoms with E-state index in [1.54, 1.807) is 24.3 Å². The molecular weight excluding hydrogens is 234 g/mol. The van der Waals surface area contributed by atoms with E-state index in [9.17, 15) is 10.4 Å². The maximum absolute atomic E-state index is 10.7. The van der Waals surface area contributed by atoms with E-state index < -0.39 is 11.0 Å². The normalized spacial score (nSPS) is 20.5. The average molecular weight is 246 g/mol. The fraction of sp³-hybridized carbons (Fsp3) is 0.357. The maximum atomic E-state index is 10.7. The molecule has 1 aromatic rings. The Morgan fingerprint density at radius 2 is 2.18 bits per heavy atom. The molecule has 1 aromatic carbocycles. The smallest absolute Gasteiger partial charge is 0.169 e. The monoisotopic (exact) mass is 245 g/mol. The van der Waals surface area contributed by atoms with Gasteiger partial charge < -0.3 is 5.11 Å². The number of benzene rings is 1. The van der Waals surface area contributed by atoms with Gasteiger partial charge >= 0.3 is 0 Å². The number of aliphatic hydroxyl groups is 1. The minimum Gasteiger partial charge on any atom is -0.372 e. The second kappa shape index (κ2) is 4.08. The first kappa shape index (κ1) is 12.0. The lowest BCUT2D eigenvalue weighted by Gasteiger charge is -2.45. The Balaban J connectivity index is 2.53. The van der Waals surface area contributed by atoms with Crippen LogP contribution in [0.4, 0.5) is 0 Å². The minimum absolute atomic E-state index is 0.503. The molecule has 0 heterocycles. The Kier molecular flexibility index (Phi) is 2.87. The van der Waals surface area contributed by atoms with Crippen molar-refractivity contribution in [3.8, 4) is 18.4 Å². The first-order chi connectivity index (χ1) is 8.08. The van der Waals surface area contributed by atoms with Crippen molar-refractivity contribution in [2.45, 2.75) is 24.9 Å². The lowest BCUT2D eigenvalue weighted by Crippen LogP contribution is -2.48. The van der Waals surface area contributed by atoms with Gasteiger partial charge in [0.2, 0.25) is 0 Å². The van der Waals surface area contributed by atoms with Crippen molar-refractivity contribution in [2.75, 3.05) is 0 Å². The quantitative estimate of drug-likeness (QED) is 0.815. The lowest BCUT2D eigenvalue weighted by molar-refractivity contribution is -0.0530.